The highest BCUT2D eigenvalue weighted by atomic mass is 19.1. The molecule has 0 spiro atoms. The highest BCUT2D eigenvalue weighted by Gasteiger charge is 2.45. The topological polar surface area (TPSA) is 107 Å². The molecule has 0 radical (unpaired) electrons. The first-order chi connectivity index (χ1) is 15.6. The van der Waals surface area contributed by atoms with E-state index in [9.17, 15) is 19.1 Å². The van der Waals surface area contributed by atoms with Crippen molar-refractivity contribution in [3.63, 3.8) is 0 Å². The molecule has 0 unspecified atom stereocenters. The second-order valence-corrected chi connectivity index (χ2v) is 9.22. The molecule has 172 valence electrons. The number of aryl methyl sites for hydroxylation is 1. The summed E-state index contributed by atoms with van der Waals surface area (Å²) in [7, 11) is 0. The van der Waals surface area contributed by atoms with Crippen molar-refractivity contribution >= 4 is 16.9 Å². The van der Waals surface area contributed by atoms with E-state index >= 15 is 0 Å². The van der Waals surface area contributed by atoms with E-state index in [-0.39, 0.29) is 54.0 Å². The number of hydrogen-bond donors (Lipinski definition) is 2. The summed E-state index contributed by atoms with van der Waals surface area (Å²) in [6, 6.07) is 4.66. The second-order valence-electron chi connectivity index (χ2n) is 9.22. The average molecular weight is 451 g/mol. The molecular weight excluding hydrogens is 425 g/mol. The van der Waals surface area contributed by atoms with Gasteiger partial charge in [0.15, 0.2) is 5.60 Å². The number of aliphatic hydroxyl groups is 1. The normalized spacial score (nSPS) is 20.8. The number of esters is 1. The molecule has 0 aliphatic carbocycles. The van der Waals surface area contributed by atoms with Gasteiger partial charge in [0, 0.05) is 28.6 Å². The van der Waals surface area contributed by atoms with Gasteiger partial charge in [-0.3, -0.25) is 4.79 Å². The number of halogens is 1. The predicted octanol–water partition coefficient (Wildman–Crippen LogP) is 2.98. The van der Waals surface area contributed by atoms with Crippen molar-refractivity contribution in [1.29, 1.82) is 0 Å². The number of aromatic nitrogens is 2. The number of carbonyl (C=O) groups is 1. The molecule has 2 aliphatic rings. The Morgan fingerprint density at radius 3 is 2.67 bits per heavy atom. The van der Waals surface area contributed by atoms with E-state index in [2.05, 4.69) is 0 Å². The van der Waals surface area contributed by atoms with Crippen LogP contribution in [-0.2, 0) is 28.3 Å². The first kappa shape index (κ1) is 21.7. The fourth-order valence-electron chi connectivity index (χ4n) is 5.02. The van der Waals surface area contributed by atoms with E-state index in [1.54, 1.807) is 30.5 Å². The summed E-state index contributed by atoms with van der Waals surface area (Å²) in [6.07, 6.45) is 0.0667. The Balaban J connectivity index is 1.86. The Morgan fingerprint density at radius 1 is 1.27 bits per heavy atom. The minimum Gasteiger partial charge on any atom is -0.458 e. The molecule has 0 bridgehead atoms. The van der Waals surface area contributed by atoms with Crippen molar-refractivity contribution in [2.45, 2.75) is 64.8 Å². The zero-order chi connectivity index (χ0) is 23.8. The monoisotopic (exact) mass is 451 g/mol. The Bertz CT molecular complexity index is 1410. The summed E-state index contributed by atoms with van der Waals surface area (Å²) < 4.78 is 21.2. The van der Waals surface area contributed by atoms with Gasteiger partial charge in [-0.15, -0.1) is 0 Å². The molecule has 7 nitrogen and oxygen atoms in total. The molecule has 0 saturated carbocycles. The zero-order valence-corrected chi connectivity index (χ0v) is 19.0. The molecule has 3 atom stereocenters. The average Bonchev–Trinajstić information content (AvgIpc) is 3.14. The van der Waals surface area contributed by atoms with Crippen LogP contribution in [0.1, 0.15) is 60.9 Å². The Morgan fingerprint density at radius 2 is 2.00 bits per heavy atom. The number of benzene rings is 1. The largest absolute Gasteiger partial charge is 0.458 e. The molecule has 0 amide bonds. The summed E-state index contributed by atoms with van der Waals surface area (Å²) in [4.78, 5) is 30.6. The van der Waals surface area contributed by atoms with Crippen LogP contribution in [0, 0.1) is 12.7 Å². The molecule has 3 aromatic rings. The van der Waals surface area contributed by atoms with E-state index in [1.807, 2.05) is 13.8 Å². The van der Waals surface area contributed by atoms with Gasteiger partial charge in [-0.05, 0) is 49.4 Å². The minimum atomic E-state index is -1.90. The number of rotatable bonds is 3. The number of hydrogen-bond acceptors (Lipinski definition) is 6. The fourth-order valence-corrected chi connectivity index (χ4v) is 5.02. The first-order valence-electron chi connectivity index (χ1n) is 11.1. The van der Waals surface area contributed by atoms with Gasteiger partial charge >= 0.3 is 5.97 Å². The number of carbonyl (C=O) groups excluding carboxylic acids is 1. The van der Waals surface area contributed by atoms with Crippen LogP contribution in [0.3, 0.4) is 0 Å². The van der Waals surface area contributed by atoms with Crippen molar-refractivity contribution < 1.29 is 19.0 Å². The number of cyclic esters (lactones) is 1. The molecule has 2 aromatic heterocycles. The highest BCUT2D eigenvalue weighted by Crippen LogP contribution is 2.42. The van der Waals surface area contributed by atoms with Crippen LogP contribution in [0.25, 0.3) is 22.3 Å². The van der Waals surface area contributed by atoms with Crippen molar-refractivity contribution in [3.8, 4) is 11.4 Å². The van der Waals surface area contributed by atoms with Crippen molar-refractivity contribution in [2.75, 3.05) is 0 Å². The molecule has 1 aromatic carbocycles. The Kier molecular flexibility index (Phi) is 4.74. The molecule has 4 heterocycles. The summed E-state index contributed by atoms with van der Waals surface area (Å²) in [5.41, 5.74) is 8.39. The maximum Gasteiger partial charge on any atom is 0.343 e. The van der Waals surface area contributed by atoms with Gasteiger partial charge in [0.2, 0.25) is 0 Å². The lowest BCUT2D eigenvalue weighted by molar-refractivity contribution is -0.172. The third-order valence-corrected chi connectivity index (χ3v) is 7.26. The Hall–Kier alpha value is -3.10. The molecule has 8 heteroatoms. The lowest BCUT2D eigenvalue weighted by atomic mass is 9.85. The van der Waals surface area contributed by atoms with Crippen LogP contribution in [0.4, 0.5) is 4.39 Å². The molecular formula is C25H26FN3O4. The van der Waals surface area contributed by atoms with Gasteiger partial charge in [-0.25, -0.2) is 14.2 Å². The molecule has 0 saturated heterocycles. The van der Waals surface area contributed by atoms with Crippen LogP contribution in [-0.4, -0.2) is 26.7 Å². The summed E-state index contributed by atoms with van der Waals surface area (Å²) in [5, 5.41) is 11.9. The van der Waals surface area contributed by atoms with Gasteiger partial charge < -0.3 is 20.1 Å². The number of nitrogens with two attached hydrogens (primary N) is 1. The molecule has 0 fully saturated rings. The standard InChI is InChI=1S/C25H26FN3O4/c1-5-25(32)17-7-20-22-15(9-29(20)23(30)16(17)10-33-24(25)31)21(12(3)13(4)27)14-6-11(2)18(26)8-19(14)28-22/h6-8,12-13,32H,5,9-10,27H2,1-4H3/t12-,13-,25+/m1/s1. The van der Waals surface area contributed by atoms with Crippen LogP contribution >= 0.6 is 0 Å². The summed E-state index contributed by atoms with van der Waals surface area (Å²) >= 11 is 0. The highest BCUT2D eigenvalue weighted by molar-refractivity contribution is 5.90. The van der Waals surface area contributed by atoms with Crippen LogP contribution in [0.5, 0.6) is 0 Å². The third kappa shape index (κ3) is 2.90. The smallest absolute Gasteiger partial charge is 0.343 e. The number of nitrogens with zero attached hydrogens (tertiary/aromatic N) is 2. The van der Waals surface area contributed by atoms with Crippen molar-refractivity contribution in [3.05, 3.63) is 62.2 Å². The molecule has 3 N–H and O–H groups in total. The lowest BCUT2D eigenvalue weighted by Gasteiger charge is -2.31. The van der Waals surface area contributed by atoms with Crippen LogP contribution in [0.15, 0.2) is 23.0 Å². The molecule has 33 heavy (non-hydrogen) atoms. The van der Waals surface area contributed by atoms with E-state index in [0.717, 1.165) is 16.5 Å². The maximum absolute atomic E-state index is 14.5. The number of fused-ring (bicyclic) bond motifs is 5. The van der Waals surface area contributed by atoms with Crippen molar-refractivity contribution in [2.24, 2.45) is 5.73 Å². The number of ether oxygens (including phenoxy) is 1. The van der Waals surface area contributed by atoms with Gasteiger partial charge in [0.05, 0.1) is 29.0 Å². The summed E-state index contributed by atoms with van der Waals surface area (Å²) in [5.74, 6) is -1.21. The SMILES string of the molecule is CC[C@@]1(O)C(=O)OCc2c1cc1n(c2=O)Cc2c-1nc1cc(F)c(C)cc1c2[C@H](C)[C@@H](C)N. The second kappa shape index (κ2) is 7.20. The number of pyridine rings is 2. The van der Waals surface area contributed by atoms with E-state index < -0.39 is 11.6 Å². The molecule has 5 rings (SSSR count). The van der Waals surface area contributed by atoms with Crippen molar-refractivity contribution in [1.82, 2.24) is 9.55 Å². The van der Waals surface area contributed by atoms with Crippen LogP contribution < -0.4 is 11.3 Å². The Labute approximate surface area is 190 Å². The fraction of sp³-hybridized carbons (Fsp3) is 0.400. The first-order valence-corrected chi connectivity index (χ1v) is 11.1. The van der Waals surface area contributed by atoms with E-state index in [1.165, 1.54) is 6.07 Å². The minimum absolute atomic E-state index is 0.0667. The third-order valence-electron chi connectivity index (χ3n) is 7.26. The predicted molar refractivity (Wildman–Crippen MR) is 121 cm³/mol. The quantitative estimate of drug-likeness (QED) is 0.464. The zero-order valence-electron chi connectivity index (χ0n) is 19.0. The lowest BCUT2D eigenvalue weighted by Crippen LogP contribution is -2.44. The van der Waals surface area contributed by atoms with Gasteiger partial charge in [0.25, 0.3) is 5.56 Å². The van der Waals surface area contributed by atoms with Gasteiger partial charge in [-0.2, -0.15) is 0 Å². The van der Waals surface area contributed by atoms with Gasteiger partial charge in [-0.1, -0.05) is 13.8 Å². The van der Waals surface area contributed by atoms with Crippen LogP contribution in [0.2, 0.25) is 0 Å². The van der Waals surface area contributed by atoms with Gasteiger partial charge in [0.1, 0.15) is 12.4 Å². The summed E-state index contributed by atoms with van der Waals surface area (Å²) in [6.45, 7) is 7.39. The molecule has 2 aliphatic heterocycles. The van der Waals surface area contributed by atoms with E-state index in [0.29, 0.717) is 22.5 Å². The van der Waals surface area contributed by atoms with E-state index in [4.69, 9.17) is 15.5 Å². The maximum atomic E-state index is 14.5.